The van der Waals surface area contributed by atoms with Gasteiger partial charge in [0.1, 0.15) is 5.76 Å². The highest BCUT2D eigenvalue weighted by molar-refractivity contribution is 5.17. The Hall–Kier alpha value is -0.840. The first kappa shape index (κ1) is 14.1. The van der Waals surface area contributed by atoms with Gasteiger partial charge in [0, 0.05) is 37.8 Å². The molecule has 0 aliphatic carbocycles. The summed E-state index contributed by atoms with van der Waals surface area (Å²) in [6.07, 6.45) is 5.77. The molecule has 3 heterocycles. The minimum atomic E-state index is 0.803. The zero-order valence-corrected chi connectivity index (χ0v) is 12.6. The highest BCUT2D eigenvalue weighted by Gasteiger charge is 2.30. The van der Waals surface area contributed by atoms with Gasteiger partial charge in [0.2, 0.25) is 0 Å². The standard InChI is InChI=1S/C16H27N3O/c1-2-6-17-11-16-14(5-10-20-16)12-18-8-9-19-7-3-4-15(19)13-18/h5,10,15,17H,2-4,6-9,11-13H2,1H3. The fraction of sp³-hybridized carbons (Fsp3) is 0.750. The molecule has 112 valence electrons. The van der Waals surface area contributed by atoms with Gasteiger partial charge in [-0.05, 0) is 38.4 Å². The predicted molar refractivity (Wildman–Crippen MR) is 80.6 cm³/mol. The monoisotopic (exact) mass is 277 g/mol. The number of nitrogens with one attached hydrogen (secondary N) is 1. The molecule has 0 aromatic carbocycles. The Balaban J connectivity index is 1.53. The minimum absolute atomic E-state index is 0.803. The van der Waals surface area contributed by atoms with E-state index in [1.165, 1.54) is 51.0 Å². The van der Waals surface area contributed by atoms with Crippen molar-refractivity contribution in [3.63, 3.8) is 0 Å². The number of fused-ring (bicyclic) bond motifs is 1. The number of nitrogens with zero attached hydrogens (tertiary/aromatic N) is 2. The van der Waals surface area contributed by atoms with Crippen LogP contribution in [0.4, 0.5) is 0 Å². The second kappa shape index (κ2) is 6.74. The molecule has 4 nitrogen and oxygen atoms in total. The van der Waals surface area contributed by atoms with Crippen LogP contribution >= 0.6 is 0 Å². The Morgan fingerprint density at radius 2 is 2.30 bits per heavy atom. The highest BCUT2D eigenvalue weighted by Crippen LogP contribution is 2.23. The molecule has 20 heavy (non-hydrogen) atoms. The van der Waals surface area contributed by atoms with Crippen LogP contribution in [0.5, 0.6) is 0 Å². The maximum absolute atomic E-state index is 5.64. The lowest BCUT2D eigenvalue weighted by atomic mass is 10.1. The summed E-state index contributed by atoms with van der Waals surface area (Å²) in [5.41, 5.74) is 1.36. The summed E-state index contributed by atoms with van der Waals surface area (Å²) in [4.78, 5) is 5.26. The van der Waals surface area contributed by atoms with Crippen LogP contribution in [0, 0.1) is 0 Å². The topological polar surface area (TPSA) is 31.7 Å². The molecule has 1 atom stereocenters. The molecule has 1 unspecified atom stereocenters. The third-order valence-corrected chi connectivity index (χ3v) is 4.62. The van der Waals surface area contributed by atoms with Crippen molar-refractivity contribution in [3.8, 4) is 0 Å². The van der Waals surface area contributed by atoms with Gasteiger partial charge in [-0.2, -0.15) is 0 Å². The first-order chi connectivity index (χ1) is 9.86. The van der Waals surface area contributed by atoms with E-state index in [4.69, 9.17) is 4.42 Å². The van der Waals surface area contributed by atoms with Crippen LogP contribution < -0.4 is 5.32 Å². The fourth-order valence-corrected chi connectivity index (χ4v) is 3.48. The van der Waals surface area contributed by atoms with Gasteiger partial charge in [-0.25, -0.2) is 0 Å². The first-order valence-electron chi connectivity index (χ1n) is 8.09. The van der Waals surface area contributed by atoms with Crippen molar-refractivity contribution >= 4 is 0 Å². The molecule has 3 rings (SSSR count). The lowest BCUT2D eigenvalue weighted by Gasteiger charge is -2.37. The molecule has 1 N–H and O–H groups in total. The van der Waals surface area contributed by atoms with Crippen molar-refractivity contribution in [2.45, 2.75) is 45.3 Å². The third kappa shape index (κ3) is 3.25. The van der Waals surface area contributed by atoms with Gasteiger partial charge in [-0.15, -0.1) is 0 Å². The second-order valence-electron chi connectivity index (χ2n) is 6.11. The van der Waals surface area contributed by atoms with E-state index in [2.05, 4.69) is 28.1 Å². The molecule has 2 aliphatic rings. The van der Waals surface area contributed by atoms with E-state index in [0.29, 0.717) is 0 Å². The molecule has 0 bridgehead atoms. The van der Waals surface area contributed by atoms with Gasteiger partial charge in [0.15, 0.2) is 0 Å². The molecular formula is C16H27N3O. The quantitative estimate of drug-likeness (QED) is 0.807. The first-order valence-corrected chi connectivity index (χ1v) is 8.09. The van der Waals surface area contributed by atoms with E-state index < -0.39 is 0 Å². The van der Waals surface area contributed by atoms with Crippen LogP contribution in [0.3, 0.4) is 0 Å². The molecule has 2 aliphatic heterocycles. The van der Waals surface area contributed by atoms with Crippen LogP contribution in [-0.4, -0.2) is 48.6 Å². The molecule has 2 saturated heterocycles. The highest BCUT2D eigenvalue weighted by atomic mass is 16.3. The van der Waals surface area contributed by atoms with Gasteiger partial charge in [0.05, 0.1) is 12.8 Å². The fourth-order valence-electron chi connectivity index (χ4n) is 3.48. The van der Waals surface area contributed by atoms with E-state index >= 15 is 0 Å². The van der Waals surface area contributed by atoms with Crippen molar-refractivity contribution in [2.75, 3.05) is 32.7 Å². The average molecular weight is 277 g/mol. The van der Waals surface area contributed by atoms with Crippen LogP contribution in [-0.2, 0) is 13.1 Å². The smallest absolute Gasteiger partial charge is 0.122 e. The molecule has 0 spiro atoms. The third-order valence-electron chi connectivity index (χ3n) is 4.62. The summed E-state index contributed by atoms with van der Waals surface area (Å²) in [5.74, 6) is 1.12. The zero-order chi connectivity index (χ0) is 13.8. The predicted octanol–water partition coefficient (Wildman–Crippen LogP) is 2.06. The largest absolute Gasteiger partial charge is 0.468 e. The summed E-state index contributed by atoms with van der Waals surface area (Å²) >= 11 is 0. The molecular weight excluding hydrogens is 250 g/mol. The molecule has 0 saturated carbocycles. The van der Waals surface area contributed by atoms with E-state index in [-0.39, 0.29) is 0 Å². The SMILES string of the molecule is CCCNCc1occc1CN1CCN2CCCC2C1. The summed E-state index contributed by atoms with van der Waals surface area (Å²) in [6, 6.07) is 2.95. The van der Waals surface area contributed by atoms with Crippen molar-refractivity contribution in [2.24, 2.45) is 0 Å². The average Bonchev–Trinajstić information content (AvgIpc) is 3.08. The zero-order valence-electron chi connectivity index (χ0n) is 12.6. The summed E-state index contributed by atoms with van der Waals surface area (Å²) in [6.45, 7) is 10.1. The Morgan fingerprint density at radius 1 is 1.35 bits per heavy atom. The van der Waals surface area contributed by atoms with Gasteiger partial charge in [-0.1, -0.05) is 6.92 Å². The lowest BCUT2D eigenvalue weighted by Crippen LogP contribution is -2.49. The maximum Gasteiger partial charge on any atom is 0.122 e. The Morgan fingerprint density at radius 3 is 3.20 bits per heavy atom. The van der Waals surface area contributed by atoms with Crippen LogP contribution in [0.15, 0.2) is 16.7 Å². The van der Waals surface area contributed by atoms with E-state index in [1.807, 2.05) is 6.26 Å². The lowest BCUT2D eigenvalue weighted by molar-refractivity contribution is 0.0989. The van der Waals surface area contributed by atoms with Gasteiger partial charge in [-0.3, -0.25) is 9.80 Å². The molecule has 0 radical (unpaired) electrons. The maximum atomic E-state index is 5.64. The van der Waals surface area contributed by atoms with Gasteiger partial charge < -0.3 is 9.73 Å². The van der Waals surface area contributed by atoms with Gasteiger partial charge >= 0.3 is 0 Å². The Bertz CT molecular complexity index is 418. The Kier molecular flexibility index (Phi) is 4.76. The number of hydrogen-bond donors (Lipinski definition) is 1. The molecule has 4 heteroatoms. The van der Waals surface area contributed by atoms with E-state index in [9.17, 15) is 0 Å². The van der Waals surface area contributed by atoms with Crippen LogP contribution in [0.2, 0.25) is 0 Å². The van der Waals surface area contributed by atoms with Crippen molar-refractivity contribution in [1.29, 1.82) is 0 Å². The minimum Gasteiger partial charge on any atom is -0.468 e. The number of rotatable bonds is 6. The number of hydrogen-bond acceptors (Lipinski definition) is 4. The normalized spacial score (nSPS) is 24.1. The number of piperazine rings is 1. The molecule has 1 aromatic heterocycles. The van der Waals surface area contributed by atoms with Crippen LogP contribution in [0.25, 0.3) is 0 Å². The van der Waals surface area contributed by atoms with Crippen molar-refractivity contribution in [1.82, 2.24) is 15.1 Å². The number of furan rings is 1. The molecule has 0 amide bonds. The molecule has 1 aromatic rings. The van der Waals surface area contributed by atoms with Crippen LogP contribution in [0.1, 0.15) is 37.5 Å². The summed E-state index contributed by atoms with van der Waals surface area (Å²) in [5, 5.41) is 3.43. The van der Waals surface area contributed by atoms with Gasteiger partial charge in [0.25, 0.3) is 0 Å². The van der Waals surface area contributed by atoms with Crippen molar-refractivity contribution in [3.05, 3.63) is 23.7 Å². The second-order valence-corrected chi connectivity index (χ2v) is 6.11. The Labute approximate surface area is 122 Å². The molecule has 2 fully saturated rings. The van der Waals surface area contributed by atoms with E-state index in [0.717, 1.165) is 31.4 Å². The summed E-state index contributed by atoms with van der Waals surface area (Å²) in [7, 11) is 0. The van der Waals surface area contributed by atoms with Crippen molar-refractivity contribution < 1.29 is 4.42 Å². The summed E-state index contributed by atoms with van der Waals surface area (Å²) < 4.78 is 5.64. The van der Waals surface area contributed by atoms with E-state index in [1.54, 1.807) is 0 Å².